The molecule has 2 aliphatic rings. The van der Waals surface area contributed by atoms with Gasteiger partial charge >= 0.3 is 11.8 Å². The summed E-state index contributed by atoms with van der Waals surface area (Å²) in [4.78, 5) is 43.9. The molecular weight excluding hydrogens is 356 g/mol. The highest BCUT2D eigenvalue weighted by atomic mass is 16.2. The second-order valence-electron chi connectivity index (χ2n) is 7.39. The number of benzene rings is 1. The predicted octanol–water partition coefficient (Wildman–Crippen LogP) is 1.02. The SMILES string of the molecule is CCCCN1CCN([C@@H](C(=O)N2CCCNCC2)c2ccccc2)C(=O)C1=O. The van der Waals surface area contributed by atoms with Crippen LogP contribution in [-0.4, -0.2) is 78.2 Å². The fraction of sp³-hybridized carbons (Fsp3) is 0.571. The topological polar surface area (TPSA) is 73.0 Å². The van der Waals surface area contributed by atoms with E-state index in [1.165, 1.54) is 4.90 Å². The summed E-state index contributed by atoms with van der Waals surface area (Å²) in [6.45, 7) is 6.40. The predicted molar refractivity (Wildman–Crippen MR) is 106 cm³/mol. The van der Waals surface area contributed by atoms with Crippen molar-refractivity contribution >= 4 is 17.7 Å². The van der Waals surface area contributed by atoms with Gasteiger partial charge in [-0.2, -0.15) is 0 Å². The van der Waals surface area contributed by atoms with Crippen LogP contribution in [0.2, 0.25) is 0 Å². The van der Waals surface area contributed by atoms with Crippen molar-refractivity contribution in [3.05, 3.63) is 35.9 Å². The van der Waals surface area contributed by atoms with Crippen LogP contribution in [0, 0.1) is 0 Å². The minimum Gasteiger partial charge on any atom is -0.339 e. The molecule has 1 atom stereocenters. The van der Waals surface area contributed by atoms with E-state index in [0.29, 0.717) is 32.7 Å². The fourth-order valence-corrected chi connectivity index (χ4v) is 3.83. The smallest absolute Gasteiger partial charge is 0.313 e. The standard InChI is InChI=1S/C21H30N4O3/c1-2-3-12-24-15-16-25(21(28)20(24)27)18(17-8-5-4-6-9-17)19(26)23-13-7-10-22-11-14-23/h4-6,8-9,18,22H,2-3,7,10-16H2,1H3/t18-/m1/s1. The van der Waals surface area contributed by atoms with E-state index in [1.807, 2.05) is 35.2 Å². The van der Waals surface area contributed by atoms with Crippen molar-refractivity contribution in [1.82, 2.24) is 20.0 Å². The summed E-state index contributed by atoms with van der Waals surface area (Å²) in [6, 6.07) is 8.59. The molecule has 1 N–H and O–H groups in total. The highest BCUT2D eigenvalue weighted by Gasteiger charge is 2.41. The minimum absolute atomic E-state index is 0.0990. The maximum absolute atomic E-state index is 13.4. The molecule has 0 aromatic heterocycles. The molecule has 152 valence electrons. The molecule has 2 fully saturated rings. The van der Waals surface area contributed by atoms with E-state index >= 15 is 0 Å². The van der Waals surface area contributed by atoms with Crippen LogP contribution in [-0.2, 0) is 14.4 Å². The Morgan fingerprint density at radius 2 is 1.82 bits per heavy atom. The number of unbranched alkanes of at least 4 members (excludes halogenated alkanes) is 1. The number of rotatable bonds is 6. The lowest BCUT2D eigenvalue weighted by molar-refractivity contribution is -0.161. The van der Waals surface area contributed by atoms with Crippen molar-refractivity contribution in [1.29, 1.82) is 0 Å². The Kier molecular flexibility index (Phi) is 7.03. The molecular formula is C21H30N4O3. The van der Waals surface area contributed by atoms with E-state index in [-0.39, 0.29) is 5.91 Å². The zero-order chi connectivity index (χ0) is 19.9. The summed E-state index contributed by atoms with van der Waals surface area (Å²) >= 11 is 0. The third kappa shape index (κ3) is 4.52. The Hall–Kier alpha value is -2.41. The van der Waals surface area contributed by atoms with Gasteiger partial charge in [-0.25, -0.2) is 0 Å². The molecule has 0 radical (unpaired) electrons. The summed E-state index contributed by atoms with van der Waals surface area (Å²) in [5.41, 5.74) is 0.757. The normalized spacial score (nSPS) is 19.5. The molecule has 3 amide bonds. The van der Waals surface area contributed by atoms with Gasteiger partial charge in [-0.15, -0.1) is 0 Å². The lowest BCUT2D eigenvalue weighted by Crippen LogP contribution is -2.57. The molecule has 3 rings (SSSR count). The van der Waals surface area contributed by atoms with Crippen molar-refractivity contribution in [3.63, 3.8) is 0 Å². The molecule has 28 heavy (non-hydrogen) atoms. The van der Waals surface area contributed by atoms with Gasteiger partial charge in [0.1, 0.15) is 6.04 Å². The molecule has 0 saturated carbocycles. The van der Waals surface area contributed by atoms with Gasteiger partial charge in [0.2, 0.25) is 5.91 Å². The van der Waals surface area contributed by atoms with Gasteiger partial charge in [-0.05, 0) is 24.9 Å². The molecule has 0 aliphatic carbocycles. The van der Waals surface area contributed by atoms with Crippen LogP contribution in [0.4, 0.5) is 0 Å². The Balaban J connectivity index is 1.84. The number of nitrogens with one attached hydrogen (secondary N) is 1. The number of amides is 3. The first kappa shape index (κ1) is 20.3. The summed E-state index contributed by atoms with van der Waals surface area (Å²) < 4.78 is 0. The van der Waals surface area contributed by atoms with Gasteiger partial charge < -0.3 is 20.0 Å². The molecule has 0 spiro atoms. The zero-order valence-corrected chi connectivity index (χ0v) is 16.6. The van der Waals surface area contributed by atoms with E-state index in [0.717, 1.165) is 37.9 Å². The molecule has 1 aromatic carbocycles. The van der Waals surface area contributed by atoms with Gasteiger partial charge in [0, 0.05) is 39.3 Å². The first-order chi connectivity index (χ1) is 13.6. The number of hydrogen-bond donors (Lipinski definition) is 1. The average Bonchev–Trinajstić information content (AvgIpc) is 3.01. The maximum atomic E-state index is 13.4. The second kappa shape index (κ2) is 9.68. The molecule has 0 unspecified atom stereocenters. The number of carbonyl (C=O) groups excluding carboxylic acids is 3. The summed E-state index contributed by atoms with van der Waals surface area (Å²) in [7, 11) is 0. The van der Waals surface area contributed by atoms with E-state index in [1.54, 1.807) is 4.90 Å². The lowest BCUT2D eigenvalue weighted by Gasteiger charge is -2.39. The number of nitrogens with zero attached hydrogens (tertiary/aromatic N) is 3. The Labute approximate surface area is 166 Å². The first-order valence-electron chi connectivity index (χ1n) is 10.3. The number of carbonyl (C=O) groups is 3. The third-order valence-corrected chi connectivity index (χ3v) is 5.44. The van der Waals surface area contributed by atoms with Gasteiger partial charge in [0.05, 0.1) is 0 Å². The summed E-state index contributed by atoms with van der Waals surface area (Å²) in [5, 5.41) is 3.30. The first-order valence-corrected chi connectivity index (χ1v) is 10.3. The van der Waals surface area contributed by atoms with Crippen molar-refractivity contribution in [2.45, 2.75) is 32.2 Å². The number of piperazine rings is 1. The van der Waals surface area contributed by atoms with Crippen molar-refractivity contribution in [2.24, 2.45) is 0 Å². The van der Waals surface area contributed by atoms with Gasteiger partial charge in [0.25, 0.3) is 0 Å². The van der Waals surface area contributed by atoms with Gasteiger partial charge in [0.15, 0.2) is 0 Å². The van der Waals surface area contributed by atoms with Crippen LogP contribution in [0.5, 0.6) is 0 Å². The largest absolute Gasteiger partial charge is 0.339 e. The maximum Gasteiger partial charge on any atom is 0.313 e. The molecule has 7 nitrogen and oxygen atoms in total. The summed E-state index contributed by atoms with van der Waals surface area (Å²) in [5.74, 6) is -1.17. The second-order valence-corrected chi connectivity index (χ2v) is 7.39. The van der Waals surface area contributed by atoms with Crippen LogP contribution < -0.4 is 5.32 Å². The highest BCUT2D eigenvalue weighted by Crippen LogP contribution is 2.26. The van der Waals surface area contributed by atoms with Crippen molar-refractivity contribution < 1.29 is 14.4 Å². The highest BCUT2D eigenvalue weighted by molar-refractivity contribution is 6.35. The molecule has 1 aromatic rings. The van der Waals surface area contributed by atoms with Crippen LogP contribution in [0.15, 0.2) is 30.3 Å². The van der Waals surface area contributed by atoms with Crippen LogP contribution in [0.1, 0.15) is 37.8 Å². The van der Waals surface area contributed by atoms with Gasteiger partial charge in [-0.1, -0.05) is 43.7 Å². The van der Waals surface area contributed by atoms with E-state index in [2.05, 4.69) is 12.2 Å². The minimum atomic E-state index is -0.746. The Bertz CT molecular complexity index is 686. The molecule has 0 bridgehead atoms. The lowest BCUT2D eigenvalue weighted by atomic mass is 10.0. The number of hydrogen-bond acceptors (Lipinski definition) is 4. The van der Waals surface area contributed by atoms with Crippen molar-refractivity contribution in [2.75, 3.05) is 45.8 Å². The quantitative estimate of drug-likeness (QED) is 0.741. The molecule has 7 heteroatoms. The Morgan fingerprint density at radius 3 is 2.57 bits per heavy atom. The Morgan fingerprint density at radius 1 is 1.04 bits per heavy atom. The monoisotopic (exact) mass is 386 g/mol. The molecule has 2 saturated heterocycles. The van der Waals surface area contributed by atoms with Crippen LogP contribution >= 0.6 is 0 Å². The molecule has 2 aliphatic heterocycles. The van der Waals surface area contributed by atoms with Gasteiger partial charge in [-0.3, -0.25) is 14.4 Å². The van der Waals surface area contributed by atoms with E-state index in [9.17, 15) is 14.4 Å². The molecule has 2 heterocycles. The average molecular weight is 386 g/mol. The van der Waals surface area contributed by atoms with E-state index in [4.69, 9.17) is 0 Å². The van der Waals surface area contributed by atoms with Crippen LogP contribution in [0.3, 0.4) is 0 Å². The van der Waals surface area contributed by atoms with Crippen molar-refractivity contribution in [3.8, 4) is 0 Å². The summed E-state index contributed by atoms with van der Waals surface area (Å²) in [6.07, 6.45) is 2.72. The zero-order valence-electron chi connectivity index (χ0n) is 16.6. The van der Waals surface area contributed by atoms with Crippen LogP contribution in [0.25, 0.3) is 0 Å². The fourth-order valence-electron chi connectivity index (χ4n) is 3.83. The third-order valence-electron chi connectivity index (χ3n) is 5.44. The van der Waals surface area contributed by atoms with E-state index < -0.39 is 17.9 Å².